The van der Waals surface area contributed by atoms with Gasteiger partial charge in [-0.15, -0.1) is 0 Å². The average molecular weight is 357 g/mol. The summed E-state index contributed by atoms with van der Waals surface area (Å²) in [5.74, 6) is 0. The fourth-order valence-corrected chi connectivity index (χ4v) is 3.85. The molecule has 6 heteroatoms. The standard InChI is InChI=1S/C20H27N3O3/c1-22-10-9-17-18(5-2-6-19(17)22)21-20(24)23-11-7-15(8-12-23)26-14-16-4-3-13-25-16/h2,5-6,9-10,15-16H,3-4,7-8,11-14H2,1H3,(H,21,24). The van der Waals surface area contributed by atoms with Gasteiger partial charge in [0.05, 0.1) is 24.5 Å². The Kier molecular flexibility index (Phi) is 5.13. The number of benzene rings is 1. The van der Waals surface area contributed by atoms with Crippen LogP contribution in [-0.2, 0) is 16.5 Å². The SMILES string of the molecule is Cn1ccc2c(NC(=O)N3CCC(OCC4CCCO4)CC3)cccc21. The lowest BCUT2D eigenvalue weighted by atomic mass is 10.1. The molecule has 2 aliphatic heterocycles. The average Bonchev–Trinajstić information content (AvgIpc) is 3.31. The molecular formula is C20H27N3O3. The highest BCUT2D eigenvalue weighted by molar-refractivity contribution is 6.00. The summed E-state index contributed by atoms with van der Waals surface area (Å²) >= 11 is 0. The Labute approximate surface area is 154 Å². The Morgan fingerprint density at radius 1 is 1.27 bits per heavy atom. The smallest absolute Gasteiger partial charge is 0.321 e. The highest BCUT2D eigenvalue weighted by Gasteiger charge is 2.25. The molecule has 0 saturated carbocycles. The van der Waals surface area contributed by atoms with Crippen molar-refractivity contribution in [3.8, 4) is 0 Å². The topological polar surface area (TPSA) is 55.7 Å². The first kappa shape index (κ1) is 17.4. The number of hydrogen-bond donors (Lipinski definition) is 1. The molecule has 140 valence electrons. The summed E-state index contributed by atoms with van der Waals surface area (Å²) in [4.78, 5) is 14.5. The number of carbonyl (C=O) groups excluding carboxylic acids is 1. The number of urea groups is 1. The Morgan fingerprint density at radius 2 is 2.12 bits per heavy atom. The molecule has 2 saturated heterocycles. The van der Waals surface area contributed by atoms with Crippen LogP contribution in [0.5, 0.6) is 0 Å². The van der Waals surface area contributed by atoms with Crippen LogP contribution in [0.2, 0.25) is 0 Å². The van der Waals surface area contributed by atoms with E-state index in [-0.39, 0.29) is 18.2 Å². The number of piperidine rings is 1. The molecule has 2 fully saturated rings. The Hall–Kier alpha value is -2.05. The molecule has 3 heterocycles. The van der Waals surface area contributed by atoms with Gasteiger partial charge in [0.2, 0.25) is 0 Å². The van der Waals surface area contributed by atoms with Crippen LogP contribution in [0.1, 0.15) is 25.7 Å². The van der Waals surface area contributed by atoms with Crippen LogP contribution in [0.25, 0.3) is 10.9 Å². The fraction of sp³-hybridized carbons (Fsp3) is 0.550. The third kappa shape index (κ3) is 3.71. The number of rotatable bonds is 4. The summed E-state index contributed by atoms with van der Waals surface area (Å²) in [6.45, 7) is 3.01. The van der Waals surface area contributed by atoms with E-state index < -0.39 is 0 Å². The number of anilines is 1. The van der Waals surface area contributed by atoms with Crippen molar-refractivity contribution in [1.82, 2.24) is 9.47 Å². The Morgan fingerprint density at radius 3 is 2.88 bits per heavy atom. The minimum atomic E-state index is -0.0288. The van der Waals surface area contributed by atoms with Crippen LogP contribution in [0.3, 0.4) is 0 Å². The van der Waals surface area contributed by atoms with Crippen LogP contribution in [-0.4, -0.2) is 54.0 Å². The summed E-state index contributed by atoms with van der Waals surface area (Å²) in [6, 6.07) is 8.00. The van der Waals surface area contributed by atoms with Crippen molar-refractivity contribution in [2.75, 3.05) is 31.6 Å². The fourth-order valence-electron chi connectivity index (χ4n) is 3.85. The maximum absolute atomic E-state index is 12.6. The lowest BCUT2D eigenvalue weighted by molar-refractivity contribution is -0.0377. The van der Waals surface area contributed by atoms with E-state index in [1.165, 1.54) is 0 Å². The van der Waals surface area contributed by atoms with E-state index in [1.807, 2.05) is 36.3 Å². The van der Waals surface area contributed by atoms with Gasteiger partial charge in [-0.3, -0.25) is 0 Å². The molecule has 1 atom stereocenters. The molecule has 1 unspecified atom stereocenters. The number of hydrogen-bond acceptors (Lipinski definition) is 3. The van der Waals surface area contributed by atoms with Crippen LogP contribution >= 0.6 is 0 Å². The lowest BCUT2D eigenvalue weighted by Crippen LogP contribution is -2.43. The van der Waals surface area contributed by atoms with Crippen molar-refractivity contribution >= 4 is 22.6 Å². The predicted molar refractivity (Wildman–Crippen MR) is 101 cm³/mol. The number of aryl methyl sites for hydroxylation is 1. The summed E-state index contributed by atoms with van der Waals surface area (Å²) in [6.07, 6.45) is 6.53. The number of carbonyl (C=O) groups is 1. The number of ether oxygens (including phenoxy) is 2. The van der Waals surface area contributed by atoms with Gasteiger partial charge in [-0.2, -0.15) is 0 Å². The largest absolute Gasteiger partial charge is 0.376 e. The molecule has 0 bridgehead atoms. The van der Waals surface area contributed by atoms with Gasteiger partial charge >= 0.3 is 6.03 Å². The summed E-state index contributed by atoms with van der Waals surface area (Å²) < 4.78 is 13.7. The van der Waals surface area contributed by atoms with Gasteiger partial charge in [0.15, 0.2) is 0 Å². The number of fused-ring (bicyclic) bond motifs is 1. The van der Waals surface area contributed by atoms with Gasteiger partial charge in [0.25, 0.3) is 0 Å². The third-order valence-electron chi connectivity index (χ3n) is 5.44. The molecule has 6 nitrogen and oxygen atoms in total. The van der Waals surface area contributed by atoms with Gasteiger partial charge < -0.3 is 24.3 Å². The molecule has 0 spiro atoms. The maximum atomic E-state index is 12.6. The van der Waals surface area contributed by atoms with Crippen LogP contribution in [0, 0.1) is 0 Å². The number of nitrogens with one attached hydrogen (secondary N) is 1. The number of amides is 2. The first-order valence-corrected chi connectivity index (χ1v) is 9.54. The molecule has 26 heavy (non-hydrogen) atoms. The molecule has 1 N–H and O–H groups in total. The maximum Gasteiger partial charge on any atom is 0.321 e. The highest BCUT2D eigenvalue weighted by Crippen LogP contribution is 2.25. The molecule has 0 radical (unpaired) electrons. The number of nitrogens with zero attached hydrogens (tertiary/aromatic N) is 2. The van der Waals surface area contributed by atoms with Crippen molar-refractivity contribution in [2.45, 2.75) is 37.9 Å². The van der Waals surface area contributed by atoms with E-state index in [9.17, 15) is 4.79 Å². The molecule has 2 aliphatic rings. The zero-order valence-corrected chi connectivity index (χ0v) is 15.3. The van der Waals surface area contributed by atoms with Crippen molar-refractivity contribution in [3.05, 3.63) is 30.5 Å². The predicted octanol–water partition coefficient (Wildman–Crippen LogP) is 3.37. The summed E-state index contributed by atoms with van der Waals surface area (Å²) in [5, 5.41) is 4.14. The monoisotopic (exact) mass is 357 g/mol. The van der Waals surface area contributed by atoms with Crippen molar-refractivity contribution in [1.29, 1.82) is 0 Å². The minimum absolute atomic E-state index is 0.0288. The van der Waals surface area contributed by atoms with Gasteiger partial charge in [-0.05, 0) is 43.9 Å². The zero-order valence-electron chi connectivity index (χ0n) is 15.3. The van der Waals surface area contributed by atoms with Crippen LogP contribution in [0.4, 0.5) is 10.5 Å². The van der Waals surface area contributed by atoms with Gasteiger partial charge in [0, 0.05) is 43.8 Å². The van der Waals surface area contributed by atoms with E-state index in [0.717, 1.165) is 62.0 Å². The molecule has 1 aromatic carbocycles. The second kappa shape index (κ2) is 7.68. The normalized spacial score (nSPS) is 21.4. The first-order valence-electron chi connectivity index (χ1n) is 9.54. The molecule has 4 rings (SSSR count). The molecule has 0 aliphatic carbocycles. The zero-order chi connectivity index (χ0) is 17.9. The van der Waals surface area contributed by atoms with Crippen LogP contribution in [0.15, 0.2) is 30.5 Å². The molecule has 2 amide bonds. The third-order valence-corrected chi connectivity index (χ3v) is 5.44. The van der Waals surface area contributed by atoms with E-state index >= 15 is 0 Å². The highest BCUT2D eigenvalue weighted by atomic mass is 16.5. The second-order valence-electron chi connectivity index (χ2n) is 7.25. The van der Waals surface area contributed by atoms with Crippen molar-refractivity contribution < 1.29 is 14.3 Å². The lowest BCUT2D eigenvalue weighted by Gasteiger charge is -2.32. The molecule has 2 aromatic rings. The number of aromatic nitrogens is 1. The van der Waals surface area contributed by atoms with E-state index in [1.54, 1.807) is 0 Å². The van der Waals surface area contributed by atoms with Gasteiger partial charge in [0.1, 0.15) is 0 Å². The molecular weight excluding hydrogens is 330 g/mol. The summed E-state index contributed by atoms with van der Waals surface area (Å²) in [7, 11) is 2.01. The number of likely N-dealkylation sites (tertiary alicyclic amines) is 1. The van der Waals surface area contributed by atoms with Gasteiger partial charge in [-0.1, -0.05) is 6.07 Å². The second-order valence-corrected chi connectivity index (χ2v) is 7.25. The van der Waals surface area contributed by atoms with Crippen LogP contribution < -0.4 is 5.32 Å². The first-order chi connectivity index (χ1) is 12.7. The van der Waals surface area contributed by atoms with Crippen molar-refractivity contribution in [2.24, 2.45) is 7.05 Å². The molecule has 1 aromatic heterocycles. The quantitative estimate of drug-likeness (QED) is 0.913. The van der Waals surface area contributed by atoms with E-state index in [2.05, 4.69) is 16.0 Å². The Balaban J connectivity index is 1.29. The van der Waals surface area contributed by atoms with Gasteiger partial charge in [-0.25, -0.2) is 4.79 Å². The summed E-state index contributed by atoms with van der Waals surface area (Å²) in [5.41, 5.74) is 1.98. The van der Waals surface area contributed by atoms with E-state index in [4.69, 9.17) is 9.47 Å². The Bertz CT molecular complexity index is 759. The van der Waals surface area contributed by atoms with E-state index in [0.29, 0.717) is 6.61 Å². The minimum Gasteiger partial charge on any atom is -0.376 e. The van der Waals surface area contributed by atoms with Crippen molar-refractivity contribution in [3.63, 3.8) is 0 Å².